The molecule has 1 aliphatic rings. The maximum atomic E-state index is 12.1. The normalized spacial score (nSPS) is 20.3. The Balaban J connectivity index is 2.10. The summed E-state index contributed by atoms with van der Waals surface area (Å²) in [5, 5.41) is 3.63. The van der Waals surface area contributed by atoms with Gasteiger partial charge in [-0.05, 0) is 15.9 Å². The van der Waals surface area contributed by atoms with Crippen LogP contribution in [0.5, 0.6) is 0 Å². The van der Waals surface area contributed by atoms with Crippen LogP contribution >= 0.6 is 27.3 Å². The van der Waals surface area contributed by atoms with Crippen LogP contribution in [0, 0.1) is 0 Å². The molecule has 0 spiro atoms. The highest BCUT2D eigenvalue weighted by Crippen LogP contribution is 2.23. The number of hydrogen-bond donors (Lipinski definition) is 1. The van der Waals surface area contributed by atoms with E-state index in [1.165, 1.54) is 11.3 Å². The highest BCUT2D eigenvalue weighted by atomic mass is 79.9. The molecule has 0 bridgehead atoms. The molecule has 0 radical (unpaired) electrons. The van der Waals surface area contributed by atoms with Crippen LogP contribution in [0.4, 0.5) is 0 Å². The van der Waals surface area contributed by atoms with Gasteiger partial charge in [0.25, 0.3) is 5.91 Å². The molecule has 5 nitrogen and oxygen atoms in total. The molecule has 7 heteroatoms. The van der Waals surface area contributed by atoms with Gasteiger partial charge in [-0.3, -0.25) is 9.59 Å². The maximum absolute atomic E-state index is 12.1. The fourth-order valence-corrected chi connectivity index (χ4v) is 3.05. The Morgan fingerprint density at radius 1 is 1.53 bits per heavy atom. The Hall–Kier alpha value is -0.920. The van der Waals surface area contributed by atoms with E-state index in [9.17, 15) is 9.59 Å². The van der Waals surface area contributed by atoms with E-state index in [0.717, 1.165) is 4.47 Å². The van der Waals surface area contributed by atoms with Gasteiger partial charge in [-0.1, -0.05) is 0 Å². The molecule has 1 atom stereocenters. The summed E-state index contributed by atoms with van der Waals surface area (Å²) >= 11 is 4.77. The van der Waals surface area contributed by atoms with Crippen molar-refractivity contribution in [3.8, 4) is 0 Å². The summed E-state index contributed by atoms with van der Waals surface area (Å²) in [5.41, 5.74) is 5.78. The zero-order chi connectivity index (χ0) is 12.4. The number of rotatable bonds is 2. The summed E-state index contributed by atoms with van der Waals surface area (Å²) in [6, 6.07) is 0. The lowest BCUT2D eigenvalue weighted by Crippen LogP contribution is -2.50. The van der Waals surface area contributed by atoms with Crippen molar-refractivity contribution in [2.24, 2.45) is 5.73 Å². The van der Waals surface area contributed by atoms with Crippen molar-refractivity contribution < 1.29 is 14.3 Å². The number of carbonyl (C=O) groups is 2. The highest BCUT2D eigenvalue weighted by Gasteiger charge is 2.29. The molecule has 0 aliphatic carbocycles. The average Bonchev–Trinajstić information content (AvgIpc) is 2.74. The number of thiophene rings is 1. The van der Waals surface area contributed by atoms with E-state index in [0.29, 0.717) is 18.7 Å². The lowest BCUT2D eigenvalue weighted by Gasteiger charge is -2.31. The van der Waals surface area contributed by atoms with E-state index in [4.69, 9.17) is 10.5 Å². The van der Waals surface area contributed by atoms with Gasteiger partial charge < -0.3 is 15.4 Å². The molecule has 17 heavy (non-hydrogen) atoms. The second-order valence-corrected chi connectivity index (χ2v) is 5.24. The number of nitrogens with two attached hydrogens (primary N) is 1. The second-order valence-electron chi connectivity index (χ2n) is 3.65. The molecule has 92 valence electrons. The van der Waals surface area contributed by atoms with Crippen molar-refractivity contribution in [3.63, 3.8) is 0 Å². The molecule has 0 aromatic carbocycles. The van der Waals surface area contributed by atoms with Crippen molar-refractivity contribution in [2.45, 2.75) is 6.10 Å². The molecular weight excluding hydrogens is 308 g/mol. The standard InChI is InChI=1S/C10H11BrN2O3S/c11-7-5-17-4-6(7)10(15)13-1-2-16-8(3-13)9(12)14/h4-5,8H,1-3H2,(H2,12,14). The van der Waals surface area contributed by atoms with Crippen LogP contribution in [0.25, 0.3) is 0 Å². The smallest absolute Gasteiger partial charge is 0.256 e. The molecule has 2 amide bonds. The second kappa shape index (κ2) is 5.16. The van der Waals surface area contributed by atoms with Gasteiger partial charge in [0.1, 0.15) is 0 Å². The fraction of sp³-hybridized carbons (Fsp3) is 0.400. The minimum absolute atomic E-state index is 0.104. The number of amides is 2. The Labute approximate surface area is 111 Å². The van der Waals surface area contributed by atoms with Crippen LogP contribution in [-0.2, 0) is 9.53 Å². The molecule has 1 aromatic rings. The molecule has 1 saturated heterocycles. The summed E-state index contributed by atoms with van der Waals surface area (Å²) in [4.78, 5) is 24.8. The summed E-state index contributed by atoms with van der Waals surface area (Å²) in [7, 11) is 0. The summed E-state index contributed by atoms with van der Waals surface area (Å²) < 4.78 is 5.96. The van der Waals surface area contributed by atoms with Gasteiger partial charge in [0.05, 0.1) is 18.7 Å². The molecule has 1 unspecified atom stereocenters. The Bertz CT molecular complexity index is 449. The minimum atomic E-state index is -0.704. The number of carbonyl (C=O) groups excluding carboxylic acids is 2. The molecule has 1 aliphatic heterocycles. The molecule has 2 heterocycles. The number of halogens is 1. The monoisotopic (exact) mass is 318 g/mol. The Kier molecular flexibility index (Phi) is 3.80. The average molecular weight is 319 g/mol. The van der Waals surface area contributed by atoms with Crippen LogP contribution in [0.2, 0.25) is 0 Å². The van der Waals surface area contributed by atoms with Gasteiger partial charge in [-0.15, -0.1) is 0 Å². The lowest BCUT2D eigenvalue weighted by atomic mass is 10.2. The van der Waals surface area contributed by atoms with E-state index < -0.39 is 12.0 Å². The quantitative estimate of drug-likeness (QED) is 0.878. The zero-order valence-electron chi connectivity index (χ0n) is 8.89. The first-order valence-corrected chi connectivity index (χ1v) is 6.75. The van der Waals surface area contributed by atoms with Gasteiger partial charge in [0.2, 0.25) is 5.91 Å². The number of ether oxygens (including phenoxy) is 1. The van der Waals surface area contributed by atoms with E-state index in [1.807, 2.05) is 5.38 Å². The SMILES string of the molecule is NC(=O)C1CN(C(=O)c2cscc2Br)CCO1. The predicted octanol–water partition coefficient (Wildman–Crippen LogP) is 0.837. The maximum Gasteiger partial charge on any atom is 0.256 e. The fourth-order valence-electron chi connectivity index (χ4n) is 1.61. The van der Waals surface area contributed by atoms with Crippen molar-refractivity contribution in [3.05, 3.63) is 20.8 Å². The third kappa shape index (κ3) is 2.67. The molecule has 1 fully saturated rings. The van der Waals surface area contributed by atoms with Gasteiger partial charge in [0.15, 0.2) is 6.10 Å². The van der Waals surface area contributed by atoms with Gasteiger partial charge >= 0.3 is 0 Å². The van der Waals surface area contributed by atoms with Crippen molar-refractivity contribution in [1.82, 2.24) is 4.90 Å². The third-order valence-corrected chi connectivity index (χ3v) is 4.22. The number of primary amides is 1. The first kappa shape index (κ1) is 12.5. The number of nitrogens with zero attached hydrogens (tertiary/aromatic N) is 1. The number of hydrogen-bond acceptors (Lipinski definition) is 4. The van der Waals surface area contributed by atoms with E-state index >= 15 is 0 Å². The summed E-state index contributed by atoms with van der Waals surface area (Å²) in [6.45, 7) is 1.03. The van der Waals surface area contributed by atoms with E-state index in [1.54, 1.807) is 10.3 Å². The molecule has 0 saturated carbocycles. The van der Waals surface area contributed by atoms with Crippen molar-refractivity contribution >= 4 is 39.1 Å². The van der Waals surface area contributed by atoms with Gasteiger partial charge in [-0.25, -0.2) is 0 Å². The Morgan fingerprint density at radius 3 is 2.88 bits per heavy atom. The van der Waals surface area contributed by atoms with Crippen molar-refractivity contribution in [2.75, 3.05) is 19.7 Å². The molecule has 2 rings (SSSR count). The van der Waals surface area contributed by atoms with E-state index in [2.05, 4.69) is 15.9 Å². The largest absolute Gasteiger partial charge is 0.367 e. The lowest BCUT2D eigenvalue weighted by molar-refractivity contribution is -0.133. The Morgan fingerprint density at radius 2 is 2.29 bits per heavy atom. The van der Waals surface area contributed by atoms with Crippen LogP contribution in [-0.4, -0.2) is 42.5 Å². The minimum Gasteiger partial charge on any atom is -0.367 e. The topological polar surface area (TPSA) is 72.6 Å². The summed E-state index contributed by atoms with van der Waals surface area (Å²) in [6.07, 6.45) is -0.704. The molecular formula is C10H11BrN2O3S. The van der Waals surface area contributed by atoms with Crippen LogP contribution in [0.3, 0.4) is 0 Å². The third-order valence-electron chi connectivity index (χ3n) is 2.52. The molecule has 1 aromatic heterocycles. The van der Waals surface area contributed by atoms with E-state index in [-0.39, 0.29) is 12.5 Å². The zero-order valence-corrected chi connectivity index (χ0v) is 11.3. The van der Waals surface area contributed by atoms with Crippen LogP contribution in [0.1, 0.15) is 10.4 Å². The first-order valence-electron chi connectivity index (χ1n) is 5.01. The molecule has 2 N–H and O–H groups in total. The first-order chi connectivity index (χ1) is 8.09. The summed E-state index contributed by atoms with van der Waals surface area (Å²) in [5.74, 6) is -0.639. The van der Waals surface area contributed by atoms with Crippen molar-refractivity contribution in [1.29, 1.82) is 0 Å². The van der Waals surface area contributed by atoms with Crippen LogP contribution in [0.15, 0.2) is 15.2 Å². The van der Waals surface area contributed by atoms with Crippen LogP contribution < -0.4 is 5.73 Å². The van der Waals surface area contributed by atoms with Gasteiger partial charge in [-0.2, -0.15) is 11.3 Å². The van der Waals surface area contributed by atoms with Gasteiger partial charge in [0, 0.05) is 21.8 Å². The number of morpholine rings is 1. The highest BCUT2D eigenvalue weighted by molar-refractivity contribution is 9.10. The predicted molar refractivity (Wildman–Crippen MR) is 66.9 cm³/mol.